The SMILES string of the molecule is O=C(c1cn(CC2CCCN(S(=O)(=O)c3ccccc3F)C2)nn1)N1CCCC1. The minimum Gasteiger partial charge on any atom is -0.337 e. The van der Waals surface area contributed by atoms with E-state index in [0.29, 0.717) is 25.2 Å². The Morgan fingerprint density at radius 2 is 1.90 bits per heavy atom. The second-order valence-electron chi connectivity index (χ2n) is 7.63. The molecule has 156 valence electrons. The van der Waals surface area contributed by atoms with E-state index in [-0.39, 0.29) is 23.3 Å². The third-order valence-corrected chi connectivity index (χ3v) is 7.43. The molecule has 29 heavy (non-hydrogen) atoms. The van der Waals surface area contributed by atoms with Crippen LogP contribution in [-0.2, 0) is 16.6 Å². The van der Waals surface area contributed by atoms with Crippen molar-refractivity contribution in [3.05, 3.63) is 42.0 Å². The molecule has 2 aliphatic rings. The van der Waals surface area contributed by atoms with Gasteiger partial charge in [0.2, 0.25) is 10.0 Å². The normalized spacial score (nSPS) is 20.9. The van der Waals surface area contributed by atoms with E-state index in [4.69, 9.17) is 0 Å². The molecule has 1 amide bonds. The van der Waals surface area contributed by atoms with Crippen LogP contribution in [-0.4, -0.2) is 64.7 Å². The molecule has 0 aliphatic carbocycles. The van der Waals surface area contributed by atoms with E-state index < -0.39 is 15.8 Å². The lowest BCUT2D eigenvalue weighted by Crippen LogP contribution is -2.41. The summed E-state index contributed by atoms with van der Waals surface area (Å²) in [6.45, 7) is 2.60. The van der Waals surface area contributed by atoms with Gasteiger partial charge in [0, 0.05) is 32.7 Å². The van der Waals surface area contributed by atoms with Crippen LogP contribution in [0.25, 0.3) is 0 Å². The molecule has 3 heterocycles. The van der Waals surface area contributed by atoms with E-state index >= 15 is 0 Å². The molecule has 0 radical (unpaired) electrons. The maximum atomic E-state index is 14.0. The van der Waals surface area contributed by atoms with Gasteiger partial charge in [0.25, 0.3) is 5.91 Å². The van der Waals surface area contributed by atoms with Crippen LogP contribution in [0.4, 0.5) is 4.39 Å². The number of carbonyl (C=O) groups excluding carboxylic acids is 1. The summed E-state index contributed by atoms with van der Waals surface area (Å²) in [6.07, 6.45) is 5.17. The Morgan fingerprint density at radius 1 is 1.14 bits per heavy atom. The van der Waals surface area contributed by atoms with Crippen LogP contribution in [0.2, 0.25) is 0 Å². The van der Waals surface area contributed by atoms with Crippen molar-refractivity contribution in [3.63, 3.8) is 0 Å². The summed E-state index contributed by atoms with van der Waals surface area (Å²) in [6, 6.07) is 5.44. The largest absolute Gasteiger partial charge is 0.337 e. The highest BCUT2D eigenvalue weighted by atomic mass is 32.2. The lowest BCUT2D eigenvalue weighted by molar-refractivity contribution is 0.0787. The molecule has 1 aromatic carbocycles. The minimum absolute atomic E-state index is 0.0155. The number of hydrogen-bond acceptors (Lipinski definition) is 5. The second kappa shape index (κ2) is 8.19. The summed E-state index contributed by atoms with van der Waals surface area (Å²) in [5, 5.41) is 8.05. The molecule has 4 rings (SSSR count). The maximum absolute atomic E-state index is 14.0. The zero-order valence-electron chi connectivity index (χ0n) is 16.1. The molecule has 8 nitrogen and oxygen atoms in total. The zero-order valence-corrected chi connectivity index (χ0v) is 16.9. The third-order valence-electron chi connectivity index (χ3n) is 5.53. The summed E-state index contributed by atoms with van der Waals surface area (Å²) in [7, 11) is -3.88. The van der Waals surface area contributed by atoms with Crippen molar-refractivity contribution in [2.75, 3.05) is 26.2 Å². The van der Waals surface area contributed by atoms with E-state index in [2.05, 4.69) is 10.3 Å². The molecular weight excluding hydrogens is 397 g/mol. The summed E-state index contributed by atoms with van der Waals surface area (Å²) < 4.78 is 42.7. The highest BCUT2D eigenvalue weighted by molar-refractivity contribution is 7.89. The van der Waals surface area contributed by atoms with Crippen molar-refractivity contribution in [2.45, 2.75) is 37.1 Å². The number of hydrogen-bond donors (Lipinski definition) is 0. The second-order valence-corrected chi connectivity index (χ2v) is 9.53. The Bertz CT molecular complexity index is 987. The number of likely N-dealkylation sites (tertiary alicyclic amines) is 1. The van der Waals surface area contributed by atoms with Crippen LogP contribution in [0.3, 0.4) is 0 Å². The van der Waals surface area contributed by atoms with Crippen molar-refractivity contribution in [2.24, 2.45) is 5.92 Å². The molecule has 1 atom stereocenters. The fourth-order valence-electron chi connectivity index (χ4n) is 4.02. The van der Waals surface area contributed by atoms with Crippen LogP contribution in [0, 0.1) is 11.7 Å². The van der Waals surface area contributed by atoms with E-state index in [1.807, 2.05) is 0 Å². The highest BCUT2D eigenvalue weighted by Gasteiger charge is 2.32. The zero-order chi connectivity index (χ0) is 20.4. The molecule has 0 bridgehead atoms. The van der Waals surface area contributed by atoms with Gasteiger partial charge in [-0.15, -0.1) is 5.10 Å². The van der Waals surface area contributed by atoms with Crippen LogP contribution < -0.4 is 0 Å². The van der Waals surface area contributed by atoms with Gasteiger partial charge in [-0.05, 0) is 43.7 Å². The highest BCUT2D eigenvalue weighted by Crippen LogP contribution is 2.26. The van der Waals surface area contributed by atoms with E-state index in [1.165, 1.54) is 22.5 Å². The molecule has 2 saturated heterocycles. The summed E-state index contributed by atoms with van der Waals surface area (Å²) >= 11 is 0. The van der Waals surface area contributed by atoms with Crippen molar-refractivity contribution in [3.8, 4) is 0 Å². The first-order valence-electron chi connectivity index (χ1n) is 9.89. The number of carbonyl (C=O) groups is 1. The number of sulfonamides is 1. The molecule has 0 N–H and O–H groups in total. The first-order valence-corrected chi connectivity index (χ1v) is 11.3. The van der Waals surface area contributed by atoms with Gasteiger partial charge >= 0.3 is 0 Å². The Kier molecular flexibility index (Phi) is 5.64. The lowest BCUT2D eigenvalue weighted by Gasteiger charge is -2.31. The topological polar surface area (TPSA) is 88.4 Å². The van der Waals surface area contributed by atoms with Crippen LogP contribution in [0.5, 0.6) is 0 Å². The molecule has 0 spiro atoms. The third kappa shape index (κ3) is 4.18. The number of piperidine rings is 1. The Balaban J connectivity index is 1.43. The van der Waals surface area contributed by atoms with E-state index in [0.717, 1.165) is 38.4 Å². The van der Waals surface area contributed by atoms with Gasteiger partial charge in [-0.1, -0.05) is 17.3 Å². The Labute approximate surface area is 169 Å². The van der Waals surface area contributed by atoms with Gasteiger partial charge in [-0.3, -0.25) is 9.48 Å². The summed E-state index contributed by atoms with van der Waals surface area (Å²) in [4.78, 5) is 13.9. The Morgan fingerprint density at radius 3 is 2.66 bits per heavy atom. The summed E-state index contributed by atoms with van der Waals surface area (Å²) in [5.74, 6) is -0.834. The van der Waals surface area contributed by atoms with Gasteiger partial charge in [0.1, 0.15) is 10.7 Å². The molecule has 10 heteroatoms. The van der Waals surface area contributed by atoms with Crippen LogP contribution in [0.1, 0.15) is 36.2 Å². The van der Waals surface area contributed by atoms with E-state index in [9.17, 15) is 17.6 Å². The lowest BCUT2D eigenvalue weighted by atomic mass is 10.00. The van der Waals surface area contributed by atoms with Crippen molar-refractivity contribution < 1.29 is 17.6 Å². The summed E-state index contributed by atoms with van der Waals surface area (Å²) in [5.41, 5.74) is 0.318. The number of benzene rings is 1. The van der Waals surface area contributed by atoms with Crippen molar-refractivity contribution in [1.82, 2.24) is 24.2 Å². The molecule has 0 saturated carbocycles. The van der Waals surface area contributed by atoms with Gasteiger partial charge in [0.15, 0.2) is 5.69 Å². The van der Waals surface area contributed by atoms with Crippen molar-refractivity contribution in [1.29, 1.82) is 0 Å². The molecule has 2 aromatic rings. The average molecular weight is 421 g/mol. The molecule has 2 aliphatic heterocycles. The van der Waals surface area contributed by atoms with Crippen molar-refractivity contribution >= 4 is 15.9 Å². The van der Waals surface area contributed by atoms with E-state index in [1.54, 1.807) is 15.8 Å². The quantitative estimate of drug-likeness (QED) is 0.734. The van der Waals surface area contributed by atoms with Gasteiger partial charge in [-0.2, -0.15) is 4.31 Å². The van der Waals surface area contributed by atoms with Gasteiger partial charge in [-0.25, -0.2) is 12.8 Å². The van der Waals surface area contributed by atoms with Gasteiger partial charge in [0.05, 0.1) is 6.20 Å². The first-order chi connectivity index (χ1) is 13.9. The molecular formula is C19H24FN5O3S. The number of amides is 1. The fraction of sp³-hybridized carbons (Fsp3) is 0.526. The fourth-order valence-corrected chi connectivity index (χ4v) is 5.64. The number of halogens is 1. The number of aromatic nitrogens is 3. The van der Waals surface area contributed by atoms with Crippen LogP contribution >= 0.6 is 0 Å². The monoisotopic (exact) mass is 421 g/mol. The molecule has 2 fully saturated rings. The smallest absolute Gasteiger partial charge is 0.276 e. The maximum Gasteiger partial charge on any atom is 0.276 e. The molecule has 1 unspecified atom stereocenters. The Hall–Kier alpha value is -2.33. The molecule has 1 aromatic heterocycles. The standard InChI is InChI=1S/C19H24FN5O3S/c20-16-7-1-2-8-18(16)29(27,28)25-11-5-6-15(13-25)12-24-14-17(21-22-24)19(26)23-9-3-4-10-23/h1-2,7-8,14-15H,3-6,9-13H2. The minimum atomic E-state index is -3.88. The first kappa shape index (κ1) is 20.0. The number of nitrogens with zero attached hydrogens (tertiary/aromatic N) is 5. The predicted octanol–water partition coefficient (Wildman–Crippen LogP) is 1.75. The van der Waals surface area contributed by atoms with Gasteiger partial charge < -0.3 is 4.90 Å². The average Bonchev–Trinajstić information content (AvgIpc) is 3.40. The number of rotatable bonds is 5. The predicted molar refractivity (Wildman–Crippen MR) is 103 cm³/mol. The van der Waals surface area contributed by atoms with Crippen LogP contribution in [0.15, 0.2) is 35.4 Å².